The number of rotatable bonds is 5. The van der Waals surface area contributed by atoms with Crippen LogP contribution >= 0.6 is 0 Å². The molecule has 0 aliphatic carbocycles. The van der Waals surface area contributed by atoms with Crippen molar-refractivity contribution in [1.82, 2.24) is 0 Å². The van der Waals surface area contributed by atoms with Gasteiger partial charge in [-0.2, -0.15) is 13.2 Å². The second kappa shape index (κ2) is 9.08. The van der Waals surface area contributed by atoms with Crippen LogP contribution in [-0.2, 0) is 37.1 Å². The normalized spacial score (nSPS) is 12.7. The van der Waals surface area contributed by atoms with Crippen LogP contribution in [0.15, 0.2) is 64.5 Å². The summed E-state index contributed by atoms with van der Waals surface area (Å²) in [5.74, 6) is -0.717. The van der Waals surface area contributed by atoms with Crippen molar-refractivity contribution in [1.29, 1.82) is 0 Å². The first kappa shape index (κ1) is 25.6. The predicted octanol–water partition coefficient (Wildman–Crippen LogP) is 3.91. The van der Waals surface area contributed by atoms with Gasteiger partial charge in [-0.05, 0) is 35.0 Å². The second-order valence-corrected chi connectivity index (χ2v) is 9.53. The van der Waals surface area contributed by atoms with Gasteiger partial charge in [0.2, 0.25) is 0 Å². The molecule has 0 aliphatic rings. The Labute approximate surface area is 191 Å². The van der Waals surface area contributed by atoms with Gasteiger partial charge in [0.25, 0.3) is 0 Å². The summed E-state index contributed by atoms with van der Waals surface area (Å²) in [5, 5.41) is 21.4. The van der Waals surface area contributed by atoms with Gasteiger partial charge in [0, 0.05) is 28.8 Å². The molecule has 0 heterocycles. The molecule has 0 aromatic heterocycles. The third kappa shape index (κ3) is 5.22. The van der Waals surface area contributed by atoms with E-state index >= 15 is 0 Å². The van der Waals surface area contributed by atoms with Crippen molar-refractivity contribution in [3.8, 4) is 11.5 Å². The number of fused-ring (bicyclic) bond motifs is 1. The number of phenolic OH excluding ortho intramolecular Hbond substituents is 2. The number of aliphatic imine (C=N–C) groups is 1. The Balaban J connectivity index is 0.00000363. The van der Waals surface area contributed by atoms with Gasteiger partial charge in [0.1, 0.15) is 27.2 Å². The summed E-state index contributed by atoms with van der Waals surface area (Å²) >= 11 is 0. The van der Waals surface area contributed by atoms with Gasteiger partial charge in [-0.1, -0.05) is 30.3 Å². The van der Waals surface area contributed by atoms with Gasteiger partial charge < -0.3 is 14.3 Å². The zero-order chi connectivity index (χ0) is 23.0. The van der Waals surface area contributed by atoms with E-state index in [4.69, 9.17) is 0 Å². The quantitative estimate of drug-likeness (QED) is 0.375. The van der Waals surface area contributed by atoms with E-state index in [9.17, 15) is 40.2 Å². The number of alkyl halides is 3. The third-order valence-corrected chi connectivity index (χ3v) is 7.02. The van der Waals surface area contributed by atoms with E-state index in [0.717, 1.165) is 17.7 Å². The van der Waals surface area contributed by atoms with Crippen molar-refractivity contribution in [2.24, 2.45) is 4.99 Å². The van der Waals surface area contributed by atoms with Gasteiger partial charge >= 0.3 is 5.51 Å². The van der Waals surface area contributed by atoms with Crippen LogP contribution in [0, 0.1) is 0 Å². The molecule has 0 amide bonds. The van der Waals surface area contributed by atoms with E-state index in [2.05, 4.69) is 4.99 Å². The average molecular weight is 537 g/mol. The predicted molar refractivity (Wildman–Crippen MR) is 106 cm³/mol. The maximum absolute atomic E-state index is 12.5. The molecular formula is C18H12CuF3N2O6S2-. The van der Waals surface area contributed by atoms with Crippen LogP contribution in [-0.4, -0.2) is 38.8 Å². The van der Waals surface area contributed by atoms with Gasteiger partial charge in [-0.25, -0.2) is 16.8 Å². The van der Waals surface area contributed by atoms with Crippen molar-refractivity contribution in [3.63, 3.8) is 0 Å². The minimum atomic E-state index is -6.31. The summed E-state index contributed by atoms with van der Waals surface area (Å²) in [6.07, 6.45) is 1.12. The topological polar surface area (TPSA) is 135 Å². The maximum Gasteiger partial charge on any atom is 0.480 e. The van der Waals surface area contributed by atoms with Crippen molar-refractivity contribution >= 4 is 42.7 Å². The summed E-state index contributed by atoms with van der Waals surface area (Å²) in [7, 11) is -11.6. The maximum atomic E-state index is 12.5. The number of benzene rings is 3. The van der Waals surface area contributed by atoms with Gasteiger partial charge in [0.05, 0.1) is 4.90 Å². The summed E-state index contributed by atoms with van der Waals surface area (Å²) in [5.41, 5.74) is -6.08. The molecule has 0 atom stereocenters. The largest absolute Gasteiger partial charge is 0.507 e. The standard InChI is InChI=1S/C18H12F3N2O6S2.Cu/c19-18(20,21)31(28,29)23-30(26,27)12-6-8-17(25)15(9-12)22-10-14-13-4-2-1-3-11(13)5-7-16(14)24;/h1-10,25H,(H,22,24);/q-1;. The number of hydrogen-bond acceptors (Lipinski definition) is 7. The average Bonchev–Trinajstić information content (AvgIpc) is 2.66. The molecule has 0 fully saturated rings. The van der Waals surface area contributed by atoms with Crippen LogP contribution < -0.4 is 0 Å². The van der Waals surface area contributed by atoms with Gasteiger partial charge in [-0.15, -0.1) is 0 Å². The molecule has 175 valence electrons. The number of sulfonamides is 2. The Morgan fingerprint density at radius 2 is 1.53 bits per heavy atom. The Bertz CT molecular complexity index is 1410. The van der Waals surface area contributed by atoms with E-state index in [0.29, 0.717) is 17.5 Å². The molecular weight excluding hydrogens is 525 g/mol. The summed E-state index contributed by atoms with van der Waals surface area (Å²) in [4.78, 5) is 2.96. The molecule has 3 aromatic carbocycles. The molecule has 0 aliphatic heterocycles. The van der Waals surface area contributed by atoms with E-state index in [1.54, 1.807) is 30.3 Å². The fraction of sp³-hybridized carbons (Fsp3) is 0.0556. The van der Waals surface area contributed by atoms with E-state index < -0.39 is 41.9 Å². The zero-order valence-electron chi connectivity index (χ0n) is 15.4. The molecule has 0 saturated heterocycles. The molecule has 0 bridgehead atoms. The summed E-state index contributed by atoms with van der Waals surface area (Å²) in [6.45, 7) is 0. The number of phenols is 2. The molecule has 3 rings (SSSR count). The molecule has 8 nitrogen and oxygen atoms in total. The van der Waals surface area contributed by atoms with Crippen LogP contribution in [0.2, 0.25) is 0 Å². The van der Waals surface area contributed by atoms with Crippen molar-refractivity contribution in [2.75, 3.05) is 0 Å². The Hall–Kier alpha value is -2.64. The number of halogens is 3. The van der Waals surface area contributed by atoms with Crippen LogP contribution in [0.3, 0.4) is 0 Å². The Kier molecular flexibility index (Phi) is 7.27. The SMILES string of the molecule is O=S(=O)([N-]S(=O)(=O)C(F)(F)F)c1ccc(O)c(N=Cc2c(O)ccc3ccccc23)c1.[Cu]. The third-order valence-electron chi connectivity index (χ3n) is 4.01. The van der Waals surface area contributed by atoms with Crippen LogP contribution in [0.4, 0.5) is 18.9 Å². The van der Waals surface area contributed by atoms with E-state index in [-0.39, 0.29) is 28.4 Å². The van der Waals surface area contributed by atoms with Crippen LogP contribution in [0.5, 0.6) is 11.5 Å². The number of hydrogen-bond donors (Lipinski definition) is 2. The van der Waals surface area contributed by atoms with Gasteiger partial charge in [-0.3, -0.25) is 4.99 Å². The first-order valence-corrected chi connectivity index (χ1v) is 11.1. The monoisotopic (exact) mass is 536 g/mol. The first-order valence-electron chi connectivity index (χ1n) is 8.20. The first-order chi connectivity index (χ1) is 14.3. The van der Waals surface area contributed by atoms with E-state index in [1.165, 1.54) is 6.07 Å². The number of aromatic hydroxyl groups is 2. The Morgan fingerprint density at radius 1 is 0.906 bits per heavy atom. The minimum Gasteiger partial charge on any atom is -0.507 e. The minimum absolute atomic E-state index is 0. The summed E-state index contributed by atoms with van der Waals surface area (Å²) in [6, 6.07) is 12.1. The van der Waals surface area contributed by atoms with Gasteiger partial charge in [0.15, 0.2) is 10.0 Å². The molecule has 1 radical (unpaired) electrons. The molecule has 0 unspecified atom stereocenters. The molecule has 32 heavy (non-hydrogen) atoms. The molecule has 2 N–H and O–H groups in total. The Morgan fingerprint density at radius 3 is 2.19 bits per heavy atom. The van der Waals surface area contributed by atoms with E-state index in [1.807, 2.05) is 4.13 Å². The zero-order valence-corrected chi connectivity index (χ0v) is 18.0. The smallest absolute Gasteiger partial charge is 0.480 e. The van der Waals surface area contributed by atoms with Crippen LogP contribution in [0.25, 0.3) is 14.9 Å². The van der Waals surface area contributed by atoms with Crippen LogP contribution in [0.1, 0.15) is 5.56 Å². The fourth-order valence-electron chi connectivity index (χ4n) is 2.54. The fourth-order valence-corrected chi connectivity index (χ4v) is 4.75. The molecule has 0 saturated carbocycles. The van der Waals surface area contributed by atoms with Crippen molar-refractivity contribution in [2.45, 2.75) is 10.4 Å². The molecule has 14 heteroatoms. The van der Waals surface area contributed by atoms with Crippen molar-refractivity contribution < 1.29 is 57.3 Å². The second-order valence-electron chi connectivity index (χ2n) is 6.10. The summed E-state index contributed by atoms with van der Waals surface area (Å²) < 4.78 is 85.6. The van der Waals surface area contributed by atoms with Crippen molar-refractivity contribution in [3.05, 3.63) is 64.3 Å². The molecule has 0 spiro atoms. The molecule has 3 aromatic rings. The number of nitrogens with zero attached hydrogens (tertiary/aromatic N) is 2.